The lowest BCUT2D eigenvalue weighted by atomic mass is 10.1. The van der Waals surface area contributed by atoms with Gasteiger partial charge in [0.2, 0.25) is 5.96 Å². The van der Waals surface area contributed by atoms with Gasteiger partial charge in [0.1, 0.15) is 5.75 Å². The zero-order chi connectivity index (χ0) is 16.7. The molecule has 4 N–H and O–H groups in total. The van der Waals surface area contributed by atoms with E-state index in [1.54, 1.807) is 25.6 Å². The Morgan fingerprint density at radius 1 is 1.22 bits per heavy atom. The van der Waals surface area contributed by atoms with Crippen molar-refractivity contribution in [3.63, 3.8) is 0 Å². The number of hydrogen-bond donors (Lipinski definition) is 2. The molecule has 1 heterocycles. The first-order valence-corrected chi connectivity index (χ1v) is 7.79. The van der Waals surface area contributed by atoms with Gasteiger partial charge in [-0.2, -0.15) is 5.10 Å². The maximum Gasteiger partial charge on any atom is 0.211 e. The van der Waals surface area contributed by atoms with Crippen LogP contribution in [0.15, 0.2) is 52.0 Å². The summed E-state index contributed by atoms with van der Waals surface area (Å²) in [6.45, 7) is 1.84. The van der Waals surface area contributed by atoms with E-state index in [0.29, 0.717) is 16.6 Å². The van der Waals surface area contributed by atoms with Gasteiger partial charge >= 0.3 is 0 Å². The van der Waals surface area contributed by atoms with Crippen molar-refractivity contribution in [2.24, 2.45) is 21.7 Å². The first-order valence-electron chi connectivity index (χ1n) is 6.80. The molecule has 0 amide bonds. The molecule has 7 nitrogen and oxygen atoms in total. The molecule has 0 unspecified atom stereocenters. The molecule has 2 rings (SSSR count). The van der Waals surface area contributed by atoms with E-state index in [1.807, 2.05) is 25.1 Å². The van der Waals surface area contributed by atoms with Crippen molar-refractivity contribution < 1.29 is 4.74 Å². The maximum atomic E-state index is 5.41. The molecule has 2 aromatic rings. The highest BCUT2D eigenvalue weighted by Crippen LogP contribution is 2.27. The van der Waals surface area contributed by atoms with Crippen molar-refractivity contribution in [3.8, 4) is 5.75 Å². The molecule has 8 heteroatoms. The number of guanidine groups is 1. The summed E-state index contributed by atoms with van der Waals surface area (Å²) in [6.07, 6.45) is 3.43. The average molecular weight is 330 g/mol. The Hall–Kier alpha value is -2.61. The van der Waals surface area contributed by atoms with Gasteiger partial charge in [-0.1, -0.05) is 11.8 Å². The Bertz CT molecular complexity index is 713. The Morgan fingerprint density at radius 2 is 1.96 bits per heavy atom. The van der Waals surface area contributed by atoms with Gasteiger partial charge in [-0.25, -0.2) is 9.97 Å². The molecule has 0 radical (unpaired) electrons. The van der Waals surface area contributed by atoms with Crippen LogP contribution in [0.2, 0.25) is 0 Å². The Balaban J connectivity index is 2.22. The van der Waals surface area contributed by atoms with Gasteiger partial charge in [0.05, 0.1) is 12.8 Å². The topological polar surface area (TPSA) is 112 Å². The second-order valence-corrected chi connectivity index (χ2v) is 5.50. The number of aromatic nitrogens is 2. The molecule has 23 heavy (non-hydrogen) atoms. The van der Waals surface area contributed by atoms with E-state index in [1.165, 1.54) is 11.8 Å². The molecule has 0 aliphatic carbocycles. The van der Waals surface area contributed by atoms with Crippen LogP contribution in [-0.4, -0.2) is 28.7 Å². The zero-order valence-corrected chi connectivity index (χ0v) is 13.7. The van der Waals surface area contributed by atoms with Gasteiger partial charge in [0.15, 0.2) is 5.16 Å². The van der Waals surface area contributed by atoms with Crippen LogP contribution in [-0.2, 0) is 5.75 Å². The summed E-state index contributed by atoms with van der Waals surface area (Å²) < 4.78 is 5.41. The van der Waals surface area contributed by atoms with Gasteiger partial charge in [-0.15, -0.1) is 5.10 Å². The summed E-state index contributed by atoms with van der Waals surface area (Å²) in [6, 6.07) is 7.59. The van der Waals surface area contributed by atoms with Crippen molar-refractivity contribution in [2.75, 3.05) is 7.11 Å². The van der Waals surface area contributed by atoms with Crippen LogP contribution in [0.3, 0.4) is 0 Å². The first kappa shape index (κ1) is 16.8. The molecule has 0 saturated carbocycles. The quantitative estimate of drug-likeness (QED) is 0.274. The minimum Gasteiger partial charge on any atom is -0.496 e. The highest BCUT2D eigenvalue weighted by molar-refractivity contribution is 7.98. The van der Waals surface area contributed by atoms with E-state index in [2.05, 4.69) is 20.2 Å². The minimum absolute atomic E-state index is 0.0742. The van der Waals surface area contributed by atoms with Crippen LogP contribution < -0.4 is 16.2 Å². The number of ether oxygens (including phenoxy) is 1. The Morgan fingerprint density at radius 3 is 2.61 bits per heavy atom. The molecular weight excluding hydrogens is 312 g/mol. The normalized spacial score (nSPS) is 11.1. The average Bonchev–Trinajstić information content (AvgIpc) is 2.58. The zero-order valence-electron chi connectivity index (χ0n) is 12.9. The fourth-order valence-corrected chi connectivity index (χ4v) is 2.59. The number of benzene rings is 1. The Labute approximate surface area is 138 Å². The van der Waals surface area contributed by atoms with E-state index in [4.69, 9.17) is 16.2 Å². The van der Waals surface area contributed by atoms with Crippen LogP contribution in [0.1, 0.15) is 18.1 Å². The molecule has 0 atom stereocenters. The summed E-state index contributed by atoms with van der Waals surface area (Å²) >= 11 is 1.53. The maximum absolute atomic E-state index is 5.41. The van der Waals surface area contributed by atoms with Crippen LogP contribution in [0.25, 0.3) is 0 Å². The number of methoxy groups -OCH3 is 1. The molecule has 0 aliphatic rings. The van der Waals surface area contributed by atoms with Crippen molar-refractivity contribution in [2.45, 2.75) is 17.8 Å². The largest absolute Gasteiger partial charge is 0.496 e. The molecule has 0 aliphatic heterocycles. The Kier molecular flexibility index (Phi) is 5.93. The smallest absolute Gasteiger partial charge is 0.211 e. The predicted molar refractivity (Wildman–Crippen MR) is 92.6 cm³/mol. The van der Waals surface area contributed by atoms with Crippen LogP contribution >= 0.6 is 11.8 Å². The van der Waals surface area contributed by atoms with Crippen molar-refractivity contribution in [1.82, 2.24) is 9.97 Å². The molecular formula is C15H18N6OS. The lowest BCUT2D eigenvalue weighted by Gasteiger charge is -2.10. The van der Waals surface area contributed by atoms with Gasteiger partial charge in [0.25, 0.3) is 0 Å². The summed E-state index contributed by atoms with van der Waals surface area (Å²) in [7, 11) is 1.64. The number of rotatable bonds is 6. The highest BCUT2D eigenvalue weighted by atomic mass is 32.2. The summed E-state index contributed by atoms with van der Waals surface area (Å²) in [5.74, 6) is 1.40. The second-order valence-electron chi connectivity index (χ2n) is 4.56. The third kappa shape index (κ3) is 4.96. The third-order valence-corrected chi connectivity index (χ3v) is 3.84. The van der Waals surface area contributed by atoms with Gasteiger partial charge in [-0.05, 0) is 36.8 Å². The fraction of sp³-hybridized carbons (Fsp3) is 0.200. The molecule has 0 fully saturated rings. The summed E-state index contributed by atoms with van der Waals surface area (Å²) in [5, 5.41) is 8.38. The highest BCUT2D eigenvalue weighted by Gasteiger charge is 2.08. The van der Waals surface area contributed by atoms with E-state index in [-0.39, 0.29) is 5.96 Å². The molecule has 1 aromatic carbocycles. The van der Waals surface area contributed by atoms with E-state index >= 15 is 0 Å². The monoisotopic (exact) mass is 330 g/mol. The van der Waals surface area contributed by atoms with Crippen LogP contribution in [0, 0.1) is 0 Å². The third-order valence-electron chi connectivity index (χ3n) is 2.91. The lowest BCUT2D eigenvalue weighted by Crippen LogP contribution is -2.22. The molecule has 0 saturated heterocycles. The lowest BCUT2D eigenvalue weighted by molar-refractivity contribution is 0.411. The van der Waals surface area contributed by atoms with Gasteiger partial charge in [-0.3, -0.25) is 0 Å². The van der Waals surface area contributed by atoms with Gasteiger partial charge < -0.3 is 16.2 Å². The van der Waals surface area contributed by atoms with Crippen LogP contribution in [0.4, 0.5) is 0 Å². The number of thioether (sulfide) groups is 1. The van der Waals surface area contributed by atoms with Crippen molar-refractivity contribution >= 4 is 23.4 Å². The van der Waals surface area contributed by atoms with E-state index < -0.39 is 0 Å². The number of nitrogens with zero attached hydrogens (tertiary/aromatic N) is 4. The molecule has 1 aromatic heterocycles. The summed E-state index contributed by atoms with van der Waals surface area (Å²) in [5.41, 5.74) is 13.2. The summed E-state index contributed by atoms with van der Waals surface area (Å²) in [4.78, 5) is 8.39. The molecule has 0 spiro atoms. The van der Waals surface area contributed by atoms with Crippen molar-refractivity contribution in [3.05, 3.63) is 47.8 Å². The van der Waals surface area contributed by atoms with E-state index in [9.17, 15) is 0 Å². The predicted octanol–water partition coefficient (Wildman–Crippen LogP) is 1.77. The minimum atomic E-state index is -0.0742. The fourth-order valence-electron chi connectivity index (χ4n) is 1.81. The first-order chi connectivity index (χ1) is 11.1. The SMILES string of the molecule is COc1ccc(/C(C)=N\N=C(N)N)cc1CSc1ncccn1. The number of nitrogens with two attached hydrogens (primary N) is 2. The van der Waals surface area contributed by atoms with E-state index in [0.717, 1.165) is 16.9 Å². The standard InChI is InChI=1S/C15H18N6OS/c1-10(20-21-14(16)17)11-4-5-13(22-2)12(8-11)9-23-15-18-6-3-7-19-15/h3-8H,9H2,1-2H3,(H4,16,17,21)/b20-10-. The second kappa shape index (κ2) is 8.14. The van der Waals surface area contributed by atoms with Crippen molar-refractivity contribution in [1.29, 1.82) is 0 Å². The molecule has 120 valence electrons. The number of hydrogen-bond acceptors (Lipinski definition) is 6. The van der Waals surface area contributed by atoms with Crippen LogP contribution in [0.5, 0.6) is 5.75 Å². The molecule has 0 bridgehead atoms. The van der Waals surface area contributed by atoms with Gasteiger partial charge in [0, 0.05) is 23.7 Å².